The molecule has 5 rings (SSSR count). The van der Waals surface area contributed by atoms with E-state index in [2.05, 4.69) is 15.2 Å². The zero-order chi connectivity index (χ0) is 22.3. The van der Waals surface area contributed by atoms with Gasteiger partial charge in [0.15, 0.2) is 5.82 Å². The van der Waals surface area contributed by atoms with E-state index < -0.39 is 0 Å². The van der Waals surface area contributed by atoms with Crippen LogP contribution in [0, 0.1) is 0 Å². The Bertz CT molecular complexity index is 1290. The molecule has 0 atom stereocenters. The lowest BCUT2D eigenvalue weighted by atomic mass is 10.0. The van der Waals surface area contributed by atoms with Gasteiger partial charge in [0, 0.05) is 35.3 Å². The SMILES string of the molecule is c1ccc(C(=Nc2cc(OCc3ccc(-n4ccnc4)cc3)cnn2)c2ccccc2)cc1. The fourth-order valence-corrected chi connectivity index (χ4v) is 3.42. The average molecular weight is 431 g/mol. The van der Waals surface area contributed by atoms with Gasteiger partial charge in [0.25, 0.3) is 0 Å². The lowest BCUT2D eigenvalue weighted by molar-refractivity contribution is 0.304. The highest BCUT2D eigenvalue weighted by atomic mass is 16.5. The maximum absolute atomic E-state index is 5.97. The highest BCUT2D eigenvalue weighted by molar-refractivity contribution is 6.13. The molecule has 6 nitrogen and oxygen atoms in total. The summed E-state index contributed by atoms with van der Waals surface area (Å²) in [7, 11) is 0. The average Bonchev–Trinajstić information content (AvgIpc) is 3.43. The van der Waals surface area contributed by atoms with Gasteiger partial charge in [-0.15, -0.1) is 5.10 Å². The van der Waals surface area contributed by atoms with Gasteiger partial charge in [-0.05, 0) is 17.7 Å². The van der Waals surface area contributed by atoms with E-state index in [0.29, 0.717) is 18.2 Å². The second-order valence-corrected chi connectivity index (χ2v) is 7.37. The van der Waals surface area contributed by atoms with E-state index in [-0.39, 0.29) is 0 Å². The first kappa shape index (κ1) is 20.3. The molecule has 160 valence electrons. The number of hydrogen-bond donors (Lipinski definition) is 0. The Morgan fingerprint density at radius 1 is 0.848 bits per heavy atom. The van der Waals surface area contributed by atoms with Crippen molar-refractivity contribution in [3.05, 3.63) is 133 Å². The van der Waals surface area contributed by atoms with E-state index in [0.717, 1.165) is 28.1 Å². The molecule has 0 saturated carbocycles. The maximum atomic E-state index is 5.97. The monoisotopic (exact) mass is 431 g/mol. The molecule has 2 heterocycles. The summed E-state index contributed by atoms with van der Waals surface area (Å²) in [6, 6.07) is 30.0. The quantitative estimate of drug-likeness (QED) is 0.323. The molecule has 0 spiro atoms. The molecule has 33 heavy (non-hydrogen) atoms. The number of aromatic nitrogens is 4. The summed E-state index contributed by atoms with van der Waals surface area (Å²) in [6.45, 7) is 0.420. The number of nitrogens with zero attached hydrogens (tertiary/aromatic N) is 5. The zero-order valence-electron chi connectivity index (χ0n) is 17.8. The minimum absolute atomic E-state index is 0.420. The summed E-state index contributed by atoms with van der Waals surface area (Å²) >= 11 is 0. The smallest absolute Gasteiger partial charge is 0.178 e. The van der Waals surface area contributed by atoms with Crippen LogP contribution < -0.4 is 4.74 Å². The third kappa shape index (κ3) is 5.02. The first-order chi connectivity index (χ1) is 16.3. The Balaban J connectivity index is 1.35. The first-order valence-corrected chi connectivity index (χ1v) is 10.6. The molecule has 0 amide bonds. The number of aliphatic imine (C=N–C) groups is 1. The van der Waals surface area contributed by atoms with Crippen molar-refractivity contribution in [1.82, 2.24) is 19.7 Å². The van der Waals surface area contributed by atoms with Crippen LogP contribution >= 0.6 is 0 Å². The minimum Gasteiger partial charge on any atom is -0.487 e. The van der Waals surface area contributed by atoms with Crippen LogP contribution in [0.1, 0.15) is 16.7 Å². The summed E-state index contributed by atoms with van der Waals surface area (Å²) in [5.41, 5.74) is 4.95. The van der Waals surface area contributed by atoms with Crippen LogP contribution in [0.5, 0.6) is 5.75 Å². The standard InChI is InChI=1S/C27H21N5O/c1-3-7-22(8-4-1)27(23-9-5-2-6-10-23)30-26-17-25(18-29-31-26)33-19-21-11-13-24(14-12-21)32-16-15-28-20-32/h1-18,20H,19H2. The third-order valence-corrected chi connectivity index (χ3v) is 5.08. The van der Waals surface area contributed by atoms with Crippen LogP contribution in [0.15, 0.2) is 121 Å². The molecule has 0 N–H and O–H groups in total. The van der Waals surface area contributed by atoms with Crippen molar-refractivity contribution in [3.63, 3.8) is 0 Å². The van der Waals surface area contributed by atoms with Gasteiger partial charge in [0.1, 0.15) is 12.4 Å². The van der Waals surface area contributed by atoms with Crippen LogP contribution in [0.25, 0.3) is 5.69 Å². The molecule has 0 bridgehead atoms. The Morgan fingerprint density at radius 2 is 1.55 bits per heavy atom. The number of hydrogen-bond acceptors (Lipinski definition) is 5. The minimum atomic E-state index is 0.420. The normalized spacial score (nSPS) is 10.5. The van der Waals surface area contributed by atoms with Crippen molar-refractivity contribution in [3.8, 4) is 11.4 Å². The Hall–Kier alpha value is -4.58. The molecule has 0 radical (unpaired) electrons. The number of ether oxygens (including phenoxy) is 1. The molecule has 0 aliphatic carbocycles. The summed E-state index contributed by atoms with van der Waals surface area (Å²) in [5.74, 6) is 1.11. The van der Waals surface area contributed by atoms with Crippen molar-refractivity contribution in [1.29, 1.82) is 0 Å². The van der Waals surface area contributed by atoms with Crippen LogP contribution in [0.3, 0.4) is 0 Å². The van der Waals surface area contributed by atoms with E-state index in [1.54, 1.807) is 24.8 Å². The predicted octanol–water partition coefficient (Wildman–Crippen LogP) is 5.41. The van der Waals surface area contributed by atoms with Crippen LogP contribution in [-0.2, 0) is 6.61 Å². The van der Waals surface area contributed by atoms with Crippen LogP contribution in [-0.4, -0.2) is 25.5 Å². The van der Waals surface area contributed by atoms with Gasteiger partial charge in [0.2, 0.25) is 0 Å². The van der Waals surface area contributed by atoms with Gasteiger partial charge < -0.3 is 9.30 Å². The molecule has 0 saturated heterocycles. The highest BCUT2D eigenvalue weighted by Gasteiger charge is 2.08. The molecule has 0 unspecified atom stereocenters. The van der Waals surface area contributed by atoms with Crippen molar-refractivity contribution < 1.29 is 4.74 Å². The predicted molar refractivity (Wildman–Crippen MR) is 128 cm³/mol. The lowest BCUT2D eigenvalue weighted by Gasteiger charge is -2.09. The van der Waals surface area contributed by atoms with E-state index in [1.807, 2.05) is 95.7 Å². The van der Waals surface area contributed by atoms with Crippen molar-refractivity contribution in [2.45, 2.75) is 6.61 Å². The highest BCUT2D eigenvalue weighted by Crippen LogP contribution is 2.21. The third-order valence-electron chi connectivity index (χ3n) is 5.08. The number of benzene rings is 3. The van der Waals surface area contributed by atoms with E-state index >= 15 is 0 Å². The van der Waals surface area contributed by atoms with Gasteiger partial charge in [-0.1, -0.05) is 72.8 Å². The second kappa shape index (κ2) is 9.70. The Morgan fingerprint density at radius 3 is 2.18 bits per heavy atom. The fraction of sp³-hybridized carbons (Fsp3) is 0.0370. The molecule has 0 aliphatic rings. The summed E-state index contributed by atoms with van der Waals surface area (Å²) in [6.07, 6.45) is 7.04. The molecular weight excluding hydrogens is 410 g/mol. The van der Waals surface area contributed by atoms with E-state index in [9.17, 15) is 0 Å². The largest absolute Gasteiger partial charge is 0.487 e. The van der Waals surface area contributed by atoms with Gasteiger partial charge >= 0.3 is 0 Å². The molecule has 6 heteroatoms. The maximum Gasteiger partial charge on any atom is 0.178 e. The first-order valence-electron chi connectivity index (χ1n) is 10.6. The Kier molecular flexibility index (Phi) is 5.98. The molecule has 3 aromatic carbocycles. The van der Waals surface area contributed by atoms with E-state index in [4.69, 9.17) is 9.73 Å². The van der Waals surface area contributed by atoms with Gasteiger partial charge in [-0.25, -0.2) is 9.98 Å². The topological polar surface area (TPSA) is 65.2 Å². The van der Waals surface area contributed by atoms with Crippen molar-refractivity contribution in [2.24, 2.45) is 4.99 Å². The molecule has 0 aliphatic heterocycles. The Labute approximate surface area is 191 Å². The lowest BCUT2D eigenvalue weighted by Crippen LogP contribution is -2.03. The summed E-state index contributed by atoms with van der Waals surface area (Å²) in [4.78, 5) is 8.89. The van der Waals surface area contributed by atoms with Gasteiger partial charge in [-0.3, -0.25) is 0 Å². The molecular formula is C27H21N5O. The molecule has 2 aromatic heterocycles. The van der Waals surface area contributed by atoms with E-state index in [1.165, 1.54) is 0 Å². The fourth-order valence-electron chi connectivity index (χ4n) is 3.42. The van der Waals surface area contributed by atoms with Gasteiger partial charge in [0.05, 0.1) is 18.2 Å². The van der Waals surface area contributed by atoms with Crippen molar-refractivity contribution >= 4 is 11.5 Å². The number of imidazole rings is 1. The van der Waals surface area contributed by atoms with Crippen molar-refractivity contribution in [2.75, 3.05) is 0 Å². The van der Waals surface area contributed by atoms with Crippen LogP contribution in [0.2, 0.25) is 0 Å². The molecule has 5 aromatic rings. The second-order valence-electron chi connectivity index (χ2n) is 7.37. The number of rotatable bonds is 7. The summed E-state index contributed by atoms with van der Waals surface area (Å²) < 4.78 is 7.92. The summed E-state index contributed by atoms with van der Waals surface area (Å²) in [5, 5.41) is 8.29. The van der Waals surface area contributed by atoms with Gasteiger partial charge in [-0.2, -0.15) is 5.10 Å². The molecule has 0 fully saturated rings. The zero-order valence-corrected chi connectivity index (χ0v) is 17.8. The van der Waals surface area contributed by atoms with Crippen LogP contribution in [0.4, 0.5) is 5.82 Å².